The van der Waals surface area contributed by atoms with Crippen LogP contribution in [0.15, 0.2) is 0 Å². The van der Waals surface area contributed by atoms with E-state index in [0.29, 0.717) is 12.0 Å². The number of nitrogens with one attached hydrogen (secondary N) is 2. The molecule has 4 heteroatoms. The van der Waals surface area contributed by atoms with Gasteiger partial charge in [-0.1, -0.05) is 13.3 Å². The Morgan fingerprint density at radius 3 is 2.82 bits per heavy atom. The minimum absolute atomic E-state index is 0.0647. The monoisotopic (exact) mass is 240 g/mol. The van der Waals surface area contributed by atoms with Crippen LogP contribution in [-0.2, 0) is 9.53 Å². The van der Waals surface area contributed by atoms with E-state index in [2.05, 4.69) is 24.5 Å². The maximum Gasteiger partial charge on any atom is 0.249 e. The van der Waals surface area contributed by atoms with Crippen LogP contribution in [0.5, 0.6) is 0 Å². The summed E-state index contributed by atoms with van der Waals surface area (Å²) in [7, 11) is 0. The summed E-state index contributed by atoms with van der Waals surface area (Å²) in [6, 6.07) is 0.614. The molecule has 0 aromatic heterocycles. The second-order valence-electron chi connectivity index (χ2n) is 5.41. The number of hydrogen-bond acceptors (Lipinski definition) is 3. The lowest BCUT2D eigenvalue weighted by atomic mass is 9.98. The highest BCUT2D eigenvalue weighted by atomic mass is 16.5. The number of carbonyl (C=O) groups is 1. The lowest BCUT2D eigenvalue weighted by Gasteiger charge is -2.30. The molecule has 0 aliphatic carbocycles. The van der Waals surface area contributed by atoms with E-state index >= 15 is 0 Å². The van der Waals surface area contributed by atoms with Gasteiger partial charge in [-0.05, 0) is 38.6 Å². The standard InChI is InChI=1S/C13H24N2O2/c1-9-6-8-17-12(9)13(16)15-10(2)11-5-3-4-7-14-11/h9-12,14H,3-8H2,1-2H3,(H,15,16). The minimum Gasteiger partial charge on any atom is -0.368 e. The van der Waals surface area contributed by atoms with Gasteiger partial charge in [0.25, 0.3) is 0 Å². The topological polar surface area (TPSA) is 50.4 Å². The SMILES string of the molecule is CC1CCOC1C(=O)NC(C)C1CCCCN1. The summed E-state index contributed by atoms with van der Waals surface area (Å²) in [5.74, 6) is 0.413. The van der Waals surface area contributed by atoms with Crippen LogP contribution in [0, 0.1) is 5.92 Å². The van der Waals surface area contributed by atoms with Gasteiger partial charge in [0.2, 0.25) is 5.91 Å². The molecule has 2 aliphatic heterocycles. The Morgan fingerprint density at radius 1 is 1.41 bits per heavy atom. The van der Waals surface area contributed by atoms with Gasteiger partial charge in [-0.3, -0.25) is 4.79 Å². The molecule has 0 spiro atoms. The van der Waals surface area contributed by atoms with Crippen molar-refractivity contribution in [2.24, 2.45) is 5.92 Å². The highest BCUT2D eigenvalue weighted by molar-refractivity contribution is 5.81. The molecule has 0 aromatic carbocycles. The van der Waals surface area contributed by atoms with Crippen LogP contribution in [0.2, 0.25) is 0 Å². The normalized spacial score (nSPS) is 35.5. The van der Waals surface area contributed by atoms with Crippen molar-refractivity contribution >= 4 is 5.91 Å². The molecule has 2 rings (SSSR count). The van der Waals surface area contributed by atoms with Crippen molar-refractivity contribution in [2.45, 2.75) is 57.7 Å². The van der Waals surface area contributed by atoms with Crippen molar-refractivity contribution in [3.8, 4) is 0 Å². The summed E-state index contributed by atoms with van der Waals surface area (Å²) in [5, 5.41) is 6.57. The second kappa shape index (κ2) is 5.83. The second-order valence-corrected chi connectivity index (χ2v) is 5.41. The minimum atomic E-state index is -0.235. The number of rotatable bonds is 3. The van der Waals surface area contributed by atoms with Crippen molar-refractivity contribution in [3.05, 3.63) is 0 Å². The maximum atomic E-state index is 12.0. The number of carbonyl (C=O) groups excluding carboxylic acids is 1. The van der Waals surface area contributed by atoms with Gasteiger partial charge in [0.05, 0.1) is 0 Å². The van der Waals surface area contributed by atoms with Crippen LogP contribution in [0.3, 0.4) is 0 Å². The molecule has 2 N–H and O–H groups in total. The summed E-state index contributed by atoms with van der Waals surface area (Å²) in [6.07, 6.45) is 4.42. The maximum absolute atomic E-state index is 12.0. The van der Waals surface area contributed by atoms with Crippen LogP contribution in [-0.4, -0.2) is 37.2 Å². The highest BCUT2D eigenvalue weighted by Crippen LogP contribution is 2.20. The summed E-state index contributed by atoms with van der Waals surface area (Å²) >= 11 is 0. The van der Waals surface area contributed by atoms with E-state index < -0.39 is 0 Å². The predicted molar refractivity (Wildman–Crippen MR) is 66.8 cm³/mol. The Labute approximate surface area is 103 Å². The third-order valence-corrected chi connectivity index (χ3v) is 3.97. The quantitative estimate of drug-likeness (QED) is 0.775. The Kier molecular flexibility index (Phi) is 4.40. The van der Waals surface area contributed by atoms with Crippen molar-refractivity contribution in [1.29, 1.82) is 0 Å². The van der Waals surface area contributed by atoms with Gasteiger partial charge < -0.3 is 15.4 Å². The Morgan fingerprint density at radius 2 is 2.24 bits per heavy atom. The predicted octanol–water partition coefficient (Wildman–Crippen LogP) is 1.06. The van der Waals surface area contributed by atoms with Gasteiger partial charge in [-0.15, -0.1) is 0 Å². The van der Waals surface area contributed by atoms with Crippen LogP contribution in [0.25, 0.3) is 0 Å². The average Bonchev–Trinajstić information content (AvgIpc) is 2.76. The lowest BCUT2D eigenvalue weighted by molar-refractivity contribution is -0.132. The fourth-order valence-corrected chi connectivity index (χ4v) is 2.74. The summed E-state index contributed by atoms with van der Waals surface area (Å²) in [4.78, 5) is 12.0. The van der Waals surface area contributed by atoms with Gasteiger partial charge in [-0.25, -0.2) is 0 Å². The van der Waals surface area contributed by atoms with E-state index in [4.69, 9.17) is 4.74 Å². The number of hydrogen-bond donors (Lipinski definition) is 2. The molecular formula is C13H24N2O2. The fourth-order valence-electron chi connectivity index (χ4n) is 2.74. The molecule has 2 saturated heterocycles. The molecule has 2 heterocycles. The Balaban J connectivity index is 1.80. The zero-order valence-electron chi connectivity index (χ0n) is 10.9. The first kappa shape index (κ1) is 12.8. The molecule has 4 unspecified atom stereocenters. The van der Waals surface area contributed by atoms with E-state index in [-0.39, 0.29) is 18.1 Å². The van der Waals surface area contributed by atoms with Gasteiger partial charge in [-0.2, -0.15) is 0 Å². The van der Waals surface area contributed by atoms with Crippen molar-refractivity contribution in [1.82, 2.24) is 10.6 Å². The average molecular weight is 240 g/mol. The van der Waals surface area contributed by atoms with E-state index in [1.165, 1.54) is 12.8 Å². The third-order valence-electron chi connectivity index (χ3n) is 3.97. The van der Waals surface area contributed by atoms with Crippen LogP contribution in [0.1, 0.15) is 39.5 Å². The van der Waals surface area contributed by atoms with Crippen molar-refractivity contribution in [2.75, 3.05) is 13.2 Å². The molecule has 98 valence electrons. The lowest BCUT2D eigenvalue weighted by Crippen LogP contribution is -2.52. The molecular weight excluding hydrogens is 216 g/mol. The van der Waals surface area contributed by atoms with Gasteiger partial charge >= 0.3 is 0 Å². The number of piperidine rings is 1. The number of amides is 1. The first-order chi connectivity index (χ1) is 8.18. The van der Waals surface area contributed by atoms with Crippen LogP contribution in [0.4, 0.5) is 0 Å². The molecule has 0 bridgehead atoms. The van der Waals surface area contributed by atoms with Crippen molar-refractivity contribution in [3.63, 3.8) is 0 Å². The first-order valence-electron chi connectivity index (χ1n) is 6.84. The number of ether oxygens (including phenoxy) is 1. The Bertz CT molecular complexity index is 264. The fraction of sp³-hybridized carbons (Fsp3) is 0.923. The van der Waals surface area contributed by atoms with Crippen LogP contribution < -0.4 is 10.6 Å². The third kappa shape index (κ3) is 3.19. The van der Waals surface area contributed by atoms with Crippen molar-refractivity contribution < 1.29 is 9.53 Å². The first-order valence-corrected chi connectivity index (χ1v) is 6.84. The Hall–Kier alpha value is -0.610. The van der Waals surface area contributed by atoms with E-state index in [9.17, 15) is 4.79 Å². The molecule has 17 heavy (non-hydrogen) atoms. The van der Waals surface area contributed by atoms with E-state index in [0.717, 1.165) is 26.0 Å². The zero-order chi connectivity index (χ0) is 12.3. The zero-order valence-corrected chi connectivity index (χ0v) is 10.9. The highest BCUT2D eigenvalue weighted by Gasteiger charge is 2.32. The van der Waals surface area contributed by atoms with E-state index in [1.807, 2.05) is 0 Å². The molecule has 0 radical (unpaired) electrons. The molecule has 0 aromatic rings. The van der Waals surface area contributed by atoms with E-state index in [1.54, 1.807) is 0 Å². The van der Waals surface area contributed by atoms with Gasteiger partial charge in [0.15, 0.2) is 0 Å². The summed E-state index contributed by atoms with van der Waals surface area (Å²) in [5.41, 5.74) is 0. The largest absolute Gasteiger partial charge is 0.368 e. The molecule has 2 fully saturated rings. The smallest absolute Gasteiger partial charge is 0.249 e. The molecule has 1 amide bonds. The molecule has 2 aliphatic rings. The summed E-state index contributed by atoms with van der Waals surface area (Å²) < 4.78 is 5.48. The van der Waals surface area contributed by atoms with Gasteiger partial charge in [0.1, 0.15) is 6.10 Å². The summed E-state index contributed by atoms with van der Waals surface area (Å²) in [6.45, 7) is 5.96. The van der Waals surface area contributed by atoms with Gasteiger partial charge in [0, 0.05) is 18.7 Å². The molecule has 0 saturated carbocycles. The van der Waals surface area contributed by atoms with Crippen LogP contribution >= 0.6 is 0 Å². The molecule has 4 atom stereocenters. The molecule has 4 nitrogen and oxygen atoms in total.